The van der Waals surface area contributed by atoms with Crippen molar-refractivity contribution in [3.8, 4) is 0 Å². The van der Waals surface area contributed by atoms with E-state index >= 15 is 0 Å². The van der Waals surface area contributed by atoms with Gasteiger partial charge in [-0.2, -0.15) is 0 Å². The van der Waals surface area contributed by atoms with E-state index in [4.69, 9.17) is 5.73 Å². The minimum atomic E-state index is -0.580. The highest BCUT2D eigenvalue weighted by Gasteiger charge is 2.36. The molecule has 6 nitrogen and oxygen atoms in total. The molecule has 4 N–H and O–H groups in total. The van der Waals surface area contributed by atoms with Gasteiger partial charge in [-0.05, 0) is 30.9 Å². The van der Waals surface area contributed by atoms with Gasteiger partial charge in [0.1, 0.15) is 6.04 Å². The number of nitrogens with zero attached hydrogens (tertiary/aromatic N) is 1. The minimum absolute atomic E-state index is 0. The summed E-state index contributed by atoms with van der Waals surface area (Å²) in [6.07, 6.45) is 0.779. The summed E-state index contributed by atoms with van der Waals surface area (Å²) in [6.45, 7) is 7.08. The zero-order valence-electron chi connectivity index (χ0n) is 14.4. The van der Waals surface area contributed by atoms with E-state index in [1.54, 1.807) is 24.0 Å². The lowest BCUT2D eigenvalue weighted by Crippen LogP contribution is -2.57. The van der Waals surface area contributed by atoms with Crippen molar-refractivity contribution in [1.29, 1.82) is 0 Å². The molecule has 0 aliphatic carbocycles. The molecule has 1 saturated heterocycles. The van der Waals surface area contributed by atoms with E-state index in [9.17, 15) is 9.59 Å². The largest absolute Gasteiger partial charge is 0.340 e. The number of nitrogens with one attached hydrogen (secondary N) is 2. The number of carbonyl (C=O) groups excluding carboxylic acids is 2. The van der Waals surface area contributed by atoms with Crippen LogP contribution in [0.25, 0.3) is 0 Å². The lowest BCUT2D eigenvalue weighted by molar-refractivity contribution is -0.136. The third-order valence-corrected chi connectivity index (χ3v) is 4.37. The fourth-order valence-corrected chi connectivity index (χ4v) is 2.78. The van der Waals surface area contributed by atoms with Crippen molar-refractivity contribution in [1.82, 2.24) is 10.2 Å². The van der Waals surface area contributed by atoms with Crippen molar-refractivity contribution >= 4 is 30.0 Å². The number of para-hydroxylation sites is 1. The number of likely N-dealkylation sites (tertiary alicyclic amines) is 1. The molecule has 1 aliphatic heterocycles. The fourth-order valence-electron chi connectivity index (χ4n) is 2.78. The van der Waals surface area contributed by atoms with Crippen LogP contribution in [0.4, 0.5) is 10.5 Å². The maximum absolute atomic E-state index is 12.5. The number of hydrogen-bond acceptors (Lipinski definition) is 3. The molecular formula is C17H27ClN4O2. The molecule has 1 fully saturated rings. The van der Waals surface area contributed by atoms with Gasteiger partial charge < -0.3 is 21.3 Å². The van der Waals surface area contributed by atoms with Crippen molar-refractivity contribution in [3.63, 3.8) is 0 Å². The van der Waals surface area contributed by atoms with Gasteiger partial charge in [-0.1, -0.05) is 32.0 Å². The molecule has 3 amide bonds. The summed E-state index contributed by atoms with van der Waals surface area (Å²) in [5.74, 6) is -0.0758. The van der Waals surface area contributed by atoms with Gasteiger partial charge in [-0.15, -0.1) is 12.4 Å². The third kappa shape index (κ3) is 5.11. The average molecular weight is 355 g/mol. The number of urea groups is 1. The zero-order valence-corrected chi connectivity index (χ0v) is 15.2. The van der Waals surface area contributed by atoms with E-state index < -0.39 is 6.04 Å². The molecule has 2 rings (SSSR count). The molecule has 2 atom stereocenters. The molecule has 1 heterocycles. The molecule has 0 spiro atoms. The highest BCUT2D eigenvalue weighted by molar-refractivity contribution is 5.93. The number of benzene rings is 1. The number of hydrogen-bond donors (Lipinski definition) is 3. The van der Waals surface area contributed by atoms with Gasteiger partial charge in [0.15, 0.2) is 0 Å². The number of carbonyl (C=O) groups is 2. The zero-order chi connectivity index (χ0) is 17.0. The Balaban J connectivity index is 0.00000288. The number of piperidine rings is 1. The Kier molecular flexibility index (Phi) is 7.05. The van der Waals surface area contributed by atoms with E-state index in [1.165, 1.54) is 0 Å². The smallest absolute Gasteiger partial charge is 0.319 e. The minimum Gasteiger partial charge on any atom is -0.340 e. The number of halogens is 1. The Morgan fingerprint density at radius 2 is 1.92 bits per heavy atom. The van der Waals surface area contributed by atoms with E-state index in [0.29, 0.717) is 18.8 Å². The first-order valence-electron chi connectivity index (χ1n) is 7.96. The van der Waals surface area contributed by atoms with Crippen LogP contribution in [0.3, 0.4) is 0 Å². The maximum atomic E-state index is 12.5. The molecule has 134 valence electrons. The second-order valence-corrected chi connectivity index (χ2v) is 6.83. The van der Waals surface area contributed by atoms with Crippen molar-refractivity contribution < 1.29 is 9.59 Å². The van der Waals surface area contributed by atoms with Crippen LogP contribution in [0, 0.1) is 5.41 Å². The topological polar surface area (TPSA) is 87.5 Å². The molecule has 1 aromatic carbocycles. The quantitative estimate of drug-likeness (QED) is 0.777. The van der Waals surface area contributed by atoms with Crippen LogP contribution >= 0.6 is 12.4 Å². The van der Waals surface area contributed by atoms with Crippen molar-refractivity contribution in [2.24, 2.45) is 11.1 Å². The monoisotopic (exact) mass is 354 g/mol. The summed E-state index contributed by atoms with van der Waals surface area (Å²) >= 11 is 0. The predicted molar refractivity (Wildman–Crippen MR) is 98.3 cm³/mol. The standard InChI is InChI=1S/C17H26N4O2.ClH/c1-12(19-16(23)20-13-7-5-4-6-8-13)15(22)21-10-9-14(18)17(2,3)11-21;/h4-8,12,14H,9-11,18H2,1-3H3,(H2,19,20,23);1H. The van der Waals surface area contributed by atoms with E-state index in [-0.39, 0.29) is 35.8 Å². The third-order valence-electron chi connectivity index (χ3n) is 4.37. The molecule has 0 radical (unpaired) electrons. The van der Waals surface area contributed by atoms with Crippen molar-refractivity contribution in [2.45, 2.75) is 39.3 Å². The maximum Gasteiger partial charge on any atom is 0.319 e. The van der Waals surface area contributed by atoms with E-state index in [0.717, 1.165) is 6.42 Å². The second-order valence-electron chi connectivity index (χ2n) is 6.83. The van der Waals surface area contributed by atoms with Crippen LogP contribution in [0.15, 0.2) is 30.3 Å². The fraction of sp³-hybridized carbons (Fsp3) is 0.529. The summed E-state index contributed by atoms with van der Waals surface area (Å²) in [7, 11) is 0. The van der Waals surface area contributed by atoms with Crippen LogP contribution in [-0.2, 0) is 4.79 Å². The Morgan fingerprint density at radius 1 is 1.29 bits per heavy atom. The second kappa shape index (κ2) is 8.35. The van der Waals surface area contributed by atoms with Gasteiger partial charge in [-0.3, -0.25) is 4.79 Å². The Bertz CT molecular complexity index is 565. The lowest BCUT2D eigenvalue weighted by atomic mass is 9.79. The number of anilines is 1. The van der Waals surface area contributed by atoms with Crippen LogP contribution in [-0.4, -0.2) is 42.0 Å². The molecule has 0 bridgehead atoms. The molecule has 24 heavy (non-hydrogen) atoms. The van der Waals surface area contributed by atoms with Crippen LogP contribution in [0.2, 0.25) is 0 Å². The summed E-state index contributed by atoms with van der Waals surface area (Å²) in [6, 6.07) is 8.26. The van der Waals surface area contributed by atoms with E-state index in [2.05, 4.69) is 24.5 Å². The normalized spacial score (nSPS) is 20.5. The van der Waals surface area contributed by atoms with Crippen LogP contribution in [0.1, 0.15) is 27.2 Å². The van der Waals surface area contributed by atoms with Crippen molar-refractivity contribution in [3.05, 3.63) is 30.3 Å². The molecule has 7 heteroatoms. The highest BCUT2D eigenvalue weighted by atomic mass is 35.5. The SMILES string of the molecule is CC(NC(=O)Nc1ccccc1)C(=O)N1CCC(N)C(C)(C)C1.Cl. The average Bonchev–Trinajstić information content (AvgIpc) is 2.50. The summed E-state index contributed by atoms with van der Waals surface area (Å²) in [4.78, 5) is 26.3. The number of amides is 3. The first-order chi connectivity index (χ1) is 10.8. The van der Waals surface area contributed by atoms with E-state index in [1.807, 2.05) is 18.2 Å². The molecule has 0 aromatic heterocycles. The van der Waals surface area contributed by atoms with Gasteiger partial charge in [0.25, 0.3) is 0 Å². The van der Waals surface area contributed by atoms with Gasteiger partial charge in [-0.25, -0.2) is 4.79 Å². The van der Waals surface area contributed by atoms with Gasteiger partial charge >= 0.3 is 6.03 Å². The Morgan fingerprint density at radius 3 is 2.50 bits per heavy atom. The lowest BCUT2D eigenvalue weighted by Gasteiger charge is -2.43. The van der Waals surface area contributed by atoms with Crippen LogP contribution in [0.5, 0.6) is 0 Å². The molecule has 0 saturated carbocycles. The molecule has 2 unspecified atom stereocenters. The number of nitrogens with two attached hydrogens (primary N) is 1. The summed E-state index contributed by atoms with van der Waals surface area (Å²) in [5, 5.41) is 5.40. The predicted octanol–water partition coefficient (Wildman–Crippen LogP) is 2.20. The van der Waals surface area contributed by atoms with Gasteiger partial charge in [0, 0.05) is 24.8 Å². The van der Waals surface area contributed by atoms with Crippen molar-refractivity contribution in [2.75, 3.05) is 18.4 Å². The summed E-state index contributed by atoms with van der Waals surface area (Å²) < 4.78 is 0. The van der Waals surface area contributed by atoms with Gasteiger partial charge in [0.05, 0.1) is 0 Å². The Labute approximate surface area is 149 Å². The summed E-state index contributed by atoms with van der Waals surface area (Å²) in [5.41, 5.74) is 6.68. The van der Waals surface area contributed by atoms with Crippen LogP contribution < -0.4 is 16.4 Å². The number of rotatable bonds is 3. The first-order valence-corrected chi connectivity index (χ1v) is 7.96. The Hall–Kier alpha value is -1.79. The first kappa shape index (κ1) is 20.3. The molecular weight excluding hydrogens is 328 g/mol. The van der Waals surface area contributed by atoms with Gasteiger partial charge in [0.2, 0.25) is 5.91 Å². The molecule has 1 aliphatic rings. The highest BCUT2D eigenvalue weighted by Crippen LogP contribution is 2.27. The molecule has 1 aromatic rings.